The van der Waals surface area contributed by atoms with Crippen LogP contribution in [0.3, 0.4) is 0 Å². The van der Waals surface area contributed by atoms with Crippen molar-refractivity contribution in [2.75, 3.05) is 6.61 Å². The minimum absolute atomic E-state index is 0.0520. The SMILES string of the molecule is NC(COCc1ccccc1)Cc1ccccc1. The van der Waals surface area contributed by atoms with Crippen molar-refractivity contribution in [2.45, 2.75) is 19.1 Å². The molecule has 94 valence electrons. The number of nitrogens with two attached hydrogens (primary N) is 1. The largest absolute Gasteiger partial charge is 0.375 e. The summed E-state index contributed by atoms with van der Waals surface area (Å²) in [6.07, 6.45) is 0.857. The topological polar surface area (TPSA) is 35.2 Å². The van der Waals surface area contributed by atoms with E-state index in [1.54, 1.807) is 0 Å². The number of hydrogen-bond donors (Lipinski definition) is 1. The van der Waals surface area contributed by atoms with Crippen LogP contribution in [0.5, 0.6) is 0 Å². The summed E-state index contributed by atoms with van der Waals surface area (Å²) < 4.78 is 5.63. The molecule has 2 heteroatoms. The number of benzene rings is 2. The Hall–Kier alpha value is -1.64. The Labute approximate surface area is 108 Å². The van der Waals surface area contributed by atoms with E-state index in [-0.39, 0.29) is 6.04 Å². The number of rotatable bonds is 6. The Bertz CT molecular complexity index is 441. The van der Waals surface area contributed by atoms with E-state index in [1.807, 2.05) is 36.4 Å². The third-order valence-corrected chi connectivity index (χ3v) is 2.78. The summed E-state index contributed by atoms with van der Waals surface area (Å²) in [4.78, 5) is 0. The smallest absolute Gasteiger partial charge is 0.0717 e. The van der Waals surface area contributed by atoms with Crippen LogP contribution in [0.25, 0.3) is 0 Å². The van der Waals surface area contributed by atoms with Gasteiger partial charge in [-0.2, -0.15) is 0 Å². The molecule has 0 saturated carbocycles. The maximum atomic E-state index is 6.04. The molecule has 1 atom stereocenters. The normalized spacial score (nSPS) is 12.3. The fraction of sp³-hybridized carbons (Fsp3) is 0.250. The van der Waals surface area contributed by atoms with Crippen molar-refractivity contribution in [2.24, 2.45) is 5.73 Å². The van der Waals surface area contributed by atoms with Gasteiger partial charge in [0.25, 0.3) is 0 Å². The molecule has 0 aliphatic carbocycles. The van der Waals surface area contributed by atoms with Crippen LogP contribution in [0.15, 0.2) is 60.7 Å². The van der Waals surface area contributed by atoms with Crippen LogP contribution in [-0.4, -0.2) is 12.6 Å². The highest BCUT2D eigenvalue weighted by atomic mass is 16.5. The lowest BCUT2D eigenvalue weighted by atomic mass is 10.1. The minimum atomic E-state index is 0.0520. The van der Waals surface area contributed by atoms with Crippen molar-refractivity contribution in [3.05, 3.63) is 71.8 Å². The second-order valence-electron chi connectivity index (χ2n) is 4.45. The van der Waals surface area contributed by atoms with Gasteiger partial charge in [0.1, 0.15) is 0 Å². The lowest BCUT2D eigenvalue weighted by molar-refractivity contribution is 0.108. The Morgan fingerprint density at radius 3 is 2.00 bits per heavy atom. The van der Waals surface area contributed by atoms with E-state index in [0.717, 1.165) is 6.42 Å². The maximum Gasteiger partial charge on any atom is 0.0717 e. The van der Waals surface area contributed by atoms with Crippen molar-refractivity contribution in [1.82, 2.24) is 0 Å². The Morgan fingerprint density at radius 1 is 0.833 bits per heavy atom. The lowest BCUT2D eigenvalue weighted by Crippen LogP contribution is -2.28. The van der Waals surface area contributed by atoms with E-state index in [9.17, 15) is 0 Å². The van der Waals surface area contributed by atoms with Crippen molar-refractivity contribution in [1.29, 1.82) is 0 Å². The van der Waals surface area contributed by atoms with Crippen LogP contribution in [0.1, 0.15) is 11.1 Å². The zero-order valence-corrected chi connectivity index (χ0v) is 10.5. The summed E-state index contributed by atoms with van der Waals surface area (Å²) >= 11 is 0. The zero-order valence-electron chi connectivity index (χ0n) is 10.5. The summed E-state index contributed by atoms with van der Waals surface area (Å²) in [5.41, 5.74) is 8.49. The second-order valence-corrected chi connectivity index (χ2v) is 4.45. The molecule has 2 aromatic carbocycles. The second kappa shape index (κ2) is 6.94. The first-order chi connectivity index (χ1) is 8.84. The van der Waals surface area contributed by atoms with Gasteiger partial charge in [0.15, 0.2) is 0 Å². The molecule has 1 unspecified atom stereocenters. The van der Waals surface area contributed by atoms with Crippen molar-refractivity contribution in [3.8, 4) is 0 Å². The predicted molar refractivity (Wildman–Crippen MR) is 74.2 cm³/mol. The van der Waals surface area contributed by atoms with Gasteiger partial charge in [-0.1, -0.05) is 60.7 Å². The molecular formula is C16H19NO. The maximum absolute atomic E-state index is 6.04. The molecule has 0 aliphatic rings. The average Bonchev–Trinajstić information content (AvgIpc) is 2.41. The molecule has 0 aromatic heterocycles. The van der Waals surface area contributed by atoms with E-state index in [2.05, 4.69) is 24.3 Å². The van der Waals surface area contributed by atoms with Gasteiger partial charge in [0.05, 0.1) is 13.2 Å². The summed E-state index contributed by atoms with van der Waals surface area (Å²) in [6.45, 7) is 1.22. The average molecular weight is 241 g/mol. The Balaban J connectivity index is 1.71. The third-order valence-electron chi connectivity index (χ3n) is 2.78. The fourth-order valence-electron chi connectivity index (χ4n) is 1.88. The van der Waals surface area contributed by atoms with Gasteiger partial charge in [0, 0.05) is 6.04 Å². The van der Waals surface area contributed by atoms with Crippen molar-refractivity contribution >= 4 is 0 Å². The molecule has 2 aromatic rings. The monoisotopic (exact) mass is 241 g/mol. The van der Waals surface area contributed by atoms with Crippen LogP contribution >= 0.6 is 0 Å². The molecule has 0 spiro atoms. The molecule has 0 fully saturated rings. The third kappa shape index (κ3) is 4.32. The van der Waals surface area contributed by atoms with Crippen molar-refractivity contribution in [3.63, 3.8) is 0 Å². The first-order valence-corrected chi connectivity index (χ1v) is 6.26. The first kappa shape index (κ1) is 12.8. The summed E-state index contributed by atoms with van der Waals surface area (Å²) in [5.74, 6) is 0. The van der Waals surface area contributed by atoms with E-state index < -0.39 is 0 Å². The molecule has 2 rings (SSSR count). The molecule has 0 saturated heterocycles. The molecule has 0 radical (unpaired) electrons. The molecule has 0 aliphatic heterocycles. The highest BCUT2D eigenvalue weighted by Gasteiger charge is 2.04. The molecule has 18 heavy (non-hydrogen) atoms. The van der Waals surface area contributed by atoms with Crippen LogP contribution in [-0.2, 0) is 17.8 Å². The number of hydrogen-bond acceptors (Lipinski definition) is 2. The highest BCUT2D eigenvalue weighted by Crippen LogP contribution is 2.04. The van der Waals surface area contributed by atoms with Gasteiger partial charge in [-0.05, 0) is 17.5 Å². The number of ether oxygens (including phenoxy) is 1. The van der Waals surface area contributed by atoms with Gasteiger partial charge < -0.3 is 10.5 Å². The Kier molecular flexibility index (Phi) is 4.94. The van der Waals surface area contributed by atoms with Crippen LogP contribution in [0.2, 0.25) is 0 Å². The van der Waals surface area contributed by atoms with Gasteiger partial charge in [-0.15, -0.1) is 0 Å². The summed E-state index contributed by atoms with van der Waals surface area (Å²) in [6, 6.07) is 20.5. The van der Waals surface area contributed by atoms with Crippen LogP contribution < -0.4 is 5.73 Å². The molecule has 0 heterocycles. The molecule has 0 amide bonds. The molecule has 2 N–H and O–H groups in total. The van der Waals surface area contributed by atoms with E-state index in [1.165, 1.54) is 11.1 Å². The molecular weight excluding hydrogens is 222 g/mol. The van der Waals surface area contributed by atoms with Crippen LogP contribution in [0.4, 0.5) is 0 Å². The van der Waals surface area contributed by atoms with Gasteiger partial charge in [-0.3, -0.25) is 0 Å². The minimum Gasteiger partial charge on any atom is -0.375 e. The van der Waals surface area contributed by atoms with E-state index >= 15 is 0 Å². The predicted octanol–water partition coefficient (Wildman–Crippen LogP) is 2.77. The molecule has 2 nitrogen and oxygen atoms in total. The molecule has 0 bridgehead atoms. The van der Waals surface area contributed by atoms with Crippen LogP contribution in [0, 0.1) is 0 Å². The van der Waals surface area contributed by atoms with E-state index in [0.29, 0.717) is 13.2 Å². The standard InChI is InChI=1S/C16H19NO/c17-16(11-14-7-3-1-4-8-14)13-18-12-15-9-5-2-6-10-15/h1-10,16H,11-13,17H2. The first-order valence-electron chi connectivity index (χ1n) is 6.26. The van der Waals surface area contributed by atoms with Crippen molar-refractivity contribution < 1.29 is 4.74 Å². The highest BCUT2D eigenvalue weighted by molar-refractivity contribution is 5.16. The quantitative estimate of drug-likeness (QED) is 0.844. The fourth-order valence-corrected chi connectivity index (χ4v) is 1.88. The summed E-state index contributed by atoms with van der Waals surface area (Å²) in [5, 5.41) is 0. The van der Waals surface area contributed by atoms with Gasteiger partial charge in [-0.25, -0.2) is 0 Å². The van der Waals surface area contributed by atoms with Gasteiger partial charge >= 0.3 is 0 Å². The Morgan fingerprint density at radius 2 is 1.39 bits per heavy atom. The zero-order chi connectivity index (χ0) is 12.6. The van der Waals surface area contributed by atoms with E-state index in [4.69, 9.17) is 10.5 Å². The lowest BCUT2D eigenvalue weighted by Gasteiger charge is -2.12. The van der Waals surface area contributed by atoms with Gasteiger partial charge in [0.2, 0.25) is 0 Å². The summed E-state index contributed by atoms with van der Waals surface area (Å²) in [7, 11) is 0.